The van der Waals surface area contributed by atoms with Crippen molar-refractivity contribution in [3.05, 3.63) is 54.1 Å². The van der Waals surface area contributed by atoms with E-state index in [0.717, 1.165) is 6.42 Å². The second-order valence-corrected chi connectivity index (χ2v) is 4.95. The average Bonchev–Trinajstić information content (AvgIpc) is 2.56. The highest BCUT2D eigenvalue weighted by Gasteiger charge is 2.16. The summed E-state index contributed by atoms with van der Waals surface area (Å²) < 4.78 is 10.9. The summed E-state index contributed by atoms with van der Waals surface area (Å²) in [5.74, 6) is 1.08. The minimum Gasteiger partial charge on any atom is -0.495 e. The molecule has 0 aliphatic rings. The zero-order chi connectivity index (χ0) is 15.9. The smallest absolute Gasteiger partial charge is 0.265 e. The number of benzene rings is 2. The van der Waals surface area contributed by atoms with Crippen LogP contribution in [-0.4, -0.2) is 19.1 Å². The predicted octanol–water partition coefficient (Wildman–Crippen LogP) is 3.66. The molecule has 2 rings (SSSR count). The number of rotatable bonds is 6. The van der Waals surface area contributed by atoms with E-state index in [4.69, 9.17) is 9.47 Å². The van der Waals surface area contributed by atoms with Crippen molar-refractivity contribution < 1.29 is 14.3 Å². The Bertz CT molecular complexity index is 622. The lowest BCUT2D eigenvalue weighted by Crippen LogP contribution is -2.30. The van der Waals surface area contributed by atoms with Crippen LogP contribution in [-0.2, 0) is 11.2 Å². The third kappa shape index (κ3) is 4.01. The number of carbonyl (C=O) groups excluding carboxylic acids is 1. The van der Waals surface area contributed by atoms with Crippen LogP contribution in [0.15, 0.2) is 48.5 Å². The van der Waals surface area contributed by atoms with Crippen LogP contribution in [0, 0.1) is 0 Å². The van der Waals surface area contributed by atoms with Gasteiger partial charge in [-0.2, -0.15) is 0 Å². The van der Waals surface area contributed by atoms with Gasteiger partial charge in [-0.1, -0.05) is 31.2 Å². The number of anilines is 1. The van der Waals surface area contributed by atoms with Gasteiger partial charge in [0.1, 0.15) is 11.5 Å². The fourth-order valence-corrected chi connectivity index (χ4v) is 2.04. The molecular formula is C18H21NO3. The van der Waals surface area contributed by atoms with Crippen molar-refractivity contribution in [2.75, 3.05) is 12.4 Å². The van der Waals surface area contributed by atoms with E-state index < -0.39 is 6.10 Å². The zero-order valence-corrected chi connectivity index (χ0v) is 13.1. The standard InChI is InChI=1S/C18H21NO3/c1-4-14-9-11-15(12-10-14)22-13(2)18(20)19-16-7-5-6-8-17(16)21-3/h5-13H,4H2,1-3H3,(H,19,20). The van der Waals surface area contributed by atoms with Gasteiger partial charge in [-0.25, -0.2) is 0 Å². The van der Waals surface area contributed by atoms with E-state index in [1.165, 1.54) is 5.56 Å². The number of amides is 1. The largest absolute Gasteiger partial charge is 0.495 e. The molecule has 0 aliphatic carbocycles. The van der Waals surface area contributed by atoms with Crippen molar-refractivity contribution in [3.63, 3.8) is 0 Å². The fraction of sp³-hybridized carbons (Fsp3) is 0.278. The summed E-state index contributed by atoms with van der Waals surface area (Å²) in [6, 6.07) is 15.0. The minimum absolute atomic E-state index is 0.218. The number of hydrogen-bond acceptors (Lipinski definition) is 3. The van der Waals surface area contributed by atoms with Crippen LogP contribution in [0.5, 0.6) is 11.5 Å². The van der Waals surface area contributed by atoms with E-state index in [2.05, 4.69) is 12.2 Å². The molecule has 0 saturated carbocycles. The number of para-hydroxylation sites is 2. The van der Waals surface area contributed by atoms with Gasteiger partial charge in [-0.15, -0.1) is 0 Å². The van der Waals surface area contributed by atoms with Gasteiger partial charge in [0.05, 0.1) is 12.8 Å². The van der Waals surface area contributed by atoms with Crippen LogP contribution in [0.3, 0.4) is 0 Å². The highest BCUT2D eigenvalue weighted by atomic mass is 16.5. The molecule has 0 spiro atoms. The van der Waals surface area contributed by atoms with Crippen LogP contribution in [0.25, 0.3) is 0 Å². The molecule has 2 aromatic carbocycles. The molecule has 0 aromatic heterocycles. The van der Waals surface area contributed by atoms with Crippen LogP contribution in [0.4, 0.5) is 5.69 Å². The van der Waals surface area contributed by atoms with Gasteiger partial charge < -0.3 is 14.8 Å². The van der Waals surface area contributed by atoms with E-state index in [1.54, 1.807) is 26.2 Å². The van der Waals surface area contributed by atoms with E-state index in [0.29, 0.717) is 17.2 Å². The first-order valence-corrected chi connectivity index (χ1v) is 7.33. The third-order valence-corrected chi connectivity index (χ3v) is 3.38. The molecule has 1 atom stereocenters. The molecule has 4 nitrogen and oxygen atoms in total. The van der Waals surface area contributed by atoms with E-state index in [-0.39, 0.29) is 5.91 Å². The van der Waals surface area contributed by atoms with Crippen molar-refractivity contribution in [1.82, 2.24) is 0 Å². The van der Waals surface area contributed by atoms with Crippen LogP contribution in [0.2, 0.25) is 0 Å². The van der Waals surface area contributed by atoms with Crippen LogP contribution >= 0.6 is 0 Å². The highest BCUT2D eigenvalue weighted by Crippen LogP contribution is 2.23. The molecule has 4 heteroatoms. The van der Waals surface area contributed by atoms with Crippen molar-refractivity contribution in [1.29, 1.82) is 0 Å². The molecule has 1 unspecified atom stereocenters. The summed E-state index contributed by atoms with van der Waals surface area (Å²) in [4.78, 5) is 12.2. The highest BCUT2D eigenvalue weighted by molar-refractivity contribution is 5.95. The topological polar surface area (TPSA) is 47.6 Å². The van der Waals surface area contributed by atoms with Gasteiger partial charge in [0, 0.05) is 0 Å². The maximum Gasteiger partial charge on any atom is 0.265 e. The van der Waals surface area contributed by atoms with E-state index >= 15 is 0 Å². The summed E-state index contributed by atoms with van der Waals surface area (Å²) in [6.07, 6.45) is 0.377. The Hall–Kier alpha value is -2.49. The Labute approximate surface area is 131 Å². The molecule has 1 amide bonds. The Kier molecular flexibility index (Phi) is 5.42. The zero-order valence-electron chi connectivity index (χ0n) is 13.1. The van der Waals surface area contributed by atoms with Crippen molar-refractivity contribution >= 4 is 11.6 Å². The average molecular weight is 299 g/mol. The Morgan fingerprint density at radius 3 is 2.45 bits per heavy atom. The van der Waals surface area contributed by atoms with Crippen molar-refractivity contribution in [2.45, 2.75) is 26.4 Å². The molecule has 2 aromatic rings. The van der Waals surface area contributed by atoms with E-state index in [9.17, 15) is 4.79 Å². The fourth-order valence-electron chi connectivity index (χ4n) is 2.04. The summed E-state index contributed by atoms with van der Waals surface area (Å²) in [6.45, 7) is 3.82. The summed E-state index contributed by atoms with van der Waals surface area (Å²) in [5.41, 5.74) is 1.87. The second kappa shape index (κ2) is 7.50. The molecule has 116 valence electrons. The minimum atomic E-state index is -0.600. The van der Waals surface area contributed by atoms with Gasteiger partial charge in [0.2, 0.25) is 0 Å². The van der Waals surface area contributed by atoms with E-state index in [1.807, 2.05) is 36.4 Å². The number of nitrogens with one attached hydrogen (secondary N) is 1. The monoisotopic (exact) mass is 299 g/mol. The molecule has 0 fully saturated rings. The lowest BCUT2D eigenvalue weighted by Gasteiger charge is -2.16. The van der Waals surface area contributed by atoms with Gasteiger partial charge in [0.15, 0.2) is 6.10 Å². The predicted molar refractivity (Wildman–Crippen MR) is 87.5 cm³/mol. The Morgan fingerprint density at radius 1 is 1.14 bits per heavy atom. The lowest BCUT2D eigenvalue weighted by atomic mass is 10.2. The molecule has 0 radical (unpaired) electrons. The van der Waals surface area contributed by atoms with Gasteiger partial charge in [0.25, 0.3) is 5.91 Å². The molecule has 0 aliphatic heterocycles. The normalized spacial score (nSPS) is 11.6. The lowest BCUT2D eigenvalue weighted by molar-refractivity contribution is -0.122. The van der Waals surface area contributed by atoms with Gasteiger partial charge in [-0.3, -0.25) is 4.79 Å². The number of aryl methyl sites for hydroxylation is 1. The molecule has 22 heavy (non-hydrogen) atoms. The van der Waals surface area contributed by atoms with Crippen LogP contribution < -0.4 is 14.8 Å². The van der Waals surface area contributed by atoms with Gasteiger partial charge >= 0.3 is 0 Å². The molecule has 0 saturated heterocycles. The number of methoxy groups -OCH3 is 1. The summed E-state index contributed by atoms with van der Waals surface area (Å²) in [7, 11) is 1.57. The van der Waals surface area contributed by atoms with Gasteiger partial charge in [-0.05, 0) is 43.2 Å². The second-order valence-electron chi connectivity index (χ2n) is 4.95. The number of carbonyl (C=O) groups is 1. The Balaban J connectivity index is 1.99. The first kappa shape index (κ1) is 15.9. The van der Waals surface area contributed by atoms with Crippen molar-refractivity contribution in [2.24, 2.45) is 0 Å². The summed E-state index contributed by atoms with van der Waals surface area (Å²) in [5, 5.41) is 2.82. The van der Waals surface area contributed by atoms with Crippen LogP contribution in [0.1, 0.15) is 19.4 Å². The first-order chi connectivity index (χ1) is 10.6. The number of hydrogen-bond donors (Lipinski definition) is 1. The molecular weight excluding hydrogens is 278 g/mol. The first-order valence-electron chi connectivity index (χ1n) is 7.33. The maximum atomic E-state index is 12.2. The summed E-state index contributed by atoms with van der Waals surface area (Å²) >= 11 is 0. The number of ether oxygens (including phenoxy) is 2. The SMILES string of the molecule is CCc1ccc(OC(C)C(=O)Nc2ccccc2OC)cc1. The maximum absolute atomic E-state index is 12.2. The molecule has 0 bridgehead atoms. The Morgan fingerprint density at radius 2 is 1.82 bits per heavy atom. The molecule has 0 heterocycles. The third-order valence-electron chi connectivity index (χ3n) is 3.38. The van der Waals surface area contributed by atoms with Crippen molar-refractivity contribution in [3.8, 4) is 11.5 Å². The molecule has 1 N–H and O–H groups in total. The quantitative estimate of drug-likeness (QED) is 0.885.